The standard InChI is InChI=1S/C16H33N3O4S2.Na/c20-24(21,17-15-11-7-3-1-4-8-12-15)19-25(22,23)18-16-13-9-5-2-6-10-14-16;/h15-19H,1-14H2;/q;+1. The van der Waals surface area contributed by atoms with Crippen molar-refractivity contribution in [1.82, 2.24) is 13.6 Å². The van der Waals surface area contributed by atoms with Crippen LogP contribution >= 0.6 is 0 Å². The van der Waals surface area contributed by atoms with E-state index in [2.05, 4.69) is 9.44 Å². The Morgan fingerprint density at radius 2 is 0.769 bits per heavy atom. The van der Waals surface area contributed by atoms with E-state index in [1.165, 1.54) is 12.8 Å². The summed E-state index contributed by atoms with van der Waals surface area (Å²) in [5.41, 5.74) is 0. The fourth-order valence-corrected chi connectivity index (χ4v) is 6.67. The zero-order valence-electron chi connectivity index (χ0n) is 16.0. The van der Waals surface area contributed by atoms with Gasteiger partial charge < -0.3 is 0 Å². The number of rotatable bonds is 6. The Balaban J connectivity index is 0.00000338. The maximum Gasteiger partial charge on any atom is 1.00 e. The van der Waals surface area contributed by atoms with E-state index in [1.807, 2.05) is 4.13 Å². The van der Waals surface area contributed by atoms with Gasteiger partial charge in [0.15, 0.2) is 0 Å². The summed E-state index contributed by atoms with van der Waals surface area (Å²) in [5.74, 6) is 0. The van der Waals surface area contributed by atoms with Crippen LogP contribution in [0.2, 0.25) is 0 Å². The van der Waals surface area contributed by atoms with Gasteiger partial charge in [-0.3, -0.25) is 0 Å². The average Bonchev–Trinajstić information content (AvgIpc) is 2.43. The van der Waals surface area contributed by atoms with E-state index in [1.54, 1.807) is 0 Å². The summed E-state index contributed by atoms with van der Waals surface area (Å²) >= 11 is 0. The van der Waals surface area contributed by atoms with Crippen LogP contribution in [0.25, 0.3) is 0 Å². The van der Waals surface area contributed by atoms with Crippen LogP contribution in [-0.2, 0) is 20.4 Å². The first-order chi connectivity index (χ1) is 11.9. The Morgan fingerprint density at radius 3 is 1.08 bits per heavy atom. The van der Waals surface area contributed by atoms with Gasteiger partial charge in [-0.2, -0.15) is 26.3 Å². The molecule has 3 N–H and O–H groups in total. The van der Waals surface area contributed by atoms with E-state index in [0.717, 1.165) is 77.0 Å². The minimum Gasteiger partial charge on any atom is -0.198 e. The summed E-state index contributed by atoms with van der Waals surface area (Å²) < 4.78 is 55.8. The maximum atomic E-state index is 12.2. The summed E-state index contributed by atoms with van der Waals surface area (Å²) in [4.78, 5) is 0. The third-order valence-electron chi connectivity index (χ3n) is 5.07. The first-order valence-electron chi connectivity index (χ1n) is 9.69. The molecule has 2 fully saturated rings. The Kier molecular flexibility index (Phi) is 11.8. The second-order valence-electron chi connectivity index (χ2n) is 7.41. The molecule has 26 heavy (non-hydrogen) atoms. The van der Waals surface area contributed by atoms with E-state index in [-0.39, 0.29) is 41.6 Å². The minimum atomic E-state index is -4.08. The molecule has 2 rings (SSSR count). The van der Waals surface area contributed by atoms with Crippen LogP contribution in [0.4, 0.5) is 0 Å². The molecule has 0 aromatic heterocycles. The van der Waals surface area contributed by atoms with Gasteiger partial charge in [0.2, 0.25) is 0 Å². The molecule has 2 saturated carbocycles. The van der Waals surface area contributed by atoms with Crippen LogP contribution < -0.4 is 43.1 Å². The molecule has 0 spiro atoms. The second-order valence-corrected chi connectivity index (χ2v) is 10.6. The summed E-state index contributed by atoms with van der Waals surface area (Å²) in [6.07, 6.45) is 13.7. The number of hydrogen-bond acceptors (Lipinski definition) is 4. The van der Waals surface area contributed by atoms with Gasteiger partial charge in [0.1, 0.15) is 0 Å². The quantitative estimate of drug-likeness (QED) is 0.505. The number of hydrogen-bond donors (Lipinski definition) is 3. The van der Waals surface area contributed by atoms with Crippen LogP contribution in [0.3, 0.4) is 0 Å². The fraction of sp³-hybridized carbons (Fsp3) is 1.00. The van der Waals surface area contributed by atoms with E-state index >= 15 is 0 Å². The van der Waals surface area contributed by atoms with Gasteiger partial charge >= 0.3 is 29.6 Å². The van der Waals surface area contributed by atoms with Gasteiger partial charge in [-0.05, 0) is 25.7 Å². The van der Waals surface area contributed by atoms with E-state index in [0.29, 0.717) is 0 Å². The summed E-state index contributed by atoms with van der Waals surface area (Å²) in [6.45, 7) is 0. The zero-order valence-corrected chi connectivity index (χ0v) is 19.6. The molecule has 148 valence electrons. The largest absolute Gasteiger partial charge is 1.00 e. The Morgan fingerprint density at radius 1 is 0.500 bits per heavy atom. The Bertz CT molecular complexity index is 531. The molecule has 0 heterocycles. The first kappa shape index (κ1) is 24.8. The van der Waals surface area contributed by atoms with Gasteiger partial charge in [-0.25, -0.2) is 0 Å². The van der Waals surface area contributed by atoms with Crippen molar-refractivity contribution in [3.8, 4) is 0 Å². The Labute approximate surface area is 181 Å². The van der Waals surface area contributed by atoms with Crippen molar-refractivity contribution in [2.24, 2.45) is 0 Å². The third kappa shape index (κ3) is 10.4. The molecule has 0 aromatic rings. The minimum absolute atomic E-state index is 0. The van der Waals surface area contributed by atoms with Crippen molar-refractivity contribution < 1.29 is 46.4 Å². The van der Waals surface area contributed by atoms with E-state index < -0.39 is 20.4 Å². The molecule has 0 aromatic carbocycles. The molecule has 2 aliphatic rings. The molecule has 0 amide bonds. The Hall–Kier alpha value is 0.780. The monoisotopic (exact) mass is 418 g/mol. The smallest absolute Gasteiger partial charge is 0.198 e. The molecular weight excluding hydrogens is 385 g/mol. The summed E-state index contributed by atoms with van der Waals surface area (Å²) in [5, 5.41) is 0. The van der Waals surface area contributed by atoms with Crippen LogP contribution in [-0.4, -0.2) is 28.9 Å². The van der Waals surface area contributed by atoms with Crippen LogP contribution in [0.5, 0.6) is 0 Å². The molecule has 0 bridgehead atoms. The summed E-state index contributed by atoms with van der Waals surface area (Å²) in [6, 6.07) is -0.371. The molecular formula is C16H33N3NaO4S2+. The van der Waals surface area contributed by atoms with Crippen molar-refractivity contribution in [2.45, 2.75) is 102 Å². The molecule has 10 heteroatoms. The molecule has 0 aliphatic heterocycles. The normalized spacial score (nSPS) is 22.5. The average molecular weight is 419 g/mol. The third-order valence-corrected chi connectivity index (χ3v) is 8.12. The molecule has 7 nitrogen and oxygen atoms in total. The predicted octanol–water partition coefficient (Wildman–Crippen LogP) is -0.525. The van der Waals surface area contributed by atoms with E-state index in [9.17, 15) is 16.8 Å². The maximum absolute atomic E-state index is 12.2. The second kappa shape index (κ2) is 12.4. The van der Waals surface area contributed by atoms with Gasteiger partial charge in [-0.1, -0.05) is 68.3 Å². The molecule has 0 saturated heterocycles. The fourth-order valence-electron chi connectivity index (χ4n) is 3.78. The topological polar surface area (TPSA) is 104 Å². The van der Waals surface area contributed by atoms with Crippen molar-refractivity contribution in [1.29, 1.82) is 0 Å². The predicted molar refractivity (Wildman–Crippen MR) is 99.5 cm³/mol. The first-order valence-corrected chi connectivity index (χ1v) is 12.7. The van der Waals surface area contributed by atoms with Gasteiger partial charge in [0.05, 0.1) is 0 Å². The SMILES string of the molecule is O=S(=O)(NC1CCCCCCC1)NS(=O)(=O)NC1CCCCCCC1.[Na+]. The molecule has 0 radical (unpaired) electrons. The van der Waals surface area contributed by atoms with Gasteiger partial charge in [0, 0.05) is 12.1 Å². The zero-order chi connectivity index (χ0) is 18.2. The number of nitrogens with one attached hydrogen (secondary N) is 3. The van der Waals surface area contributed by atoms with Gasteiger partial charge in [-0.15, -0.1) is 0 Å². The van der Waals surface area contributed by atoms with Crippen molar-refractivity contribution in [3.05, 3.63) is 0 Å². The van der Waals surface area contributed by atoms with Crippen molar-refractivity contribution in [3.63, 3.8) is 0 Å². The van der Waals surface area contributed by atoms with Crippen molar-refractivity contribution >= 4 is 20.4 Å². The molecule has 0 atom stereocenters. The van der Waals surface area contributed by atoms with Crippen LogP contribution in [0.15, 0.2) is 0 Å². The summed E-state index contributed by atoms with van der Waals surface area (Å²) in [7, 11) is -8.17. The van der Waals surface area contributed by atoms with Crippen molar-refractivity contribution in [2.75, 3.05) is 0 Å². The van der Waals surface area contributed by atoms with Crippen LogP contribution in [0, 0.1) is 0 Å². The molecule has 2 aliphatic carbocycles. The van der Waals surface area contributed by atoms with Gasteiger partial charge in [0.25, 0.3) is 20.4 Å². The van der Waals surface area contributed by atoms with E-state index in [4.69, 9.17) is 0 Å². The van der Waals surface area contributed by atoms with Crippen LogP contribution in [0.1, 0.15) is 89.9 Å². The molecule has 0 unspecified atom stereocenters.